The summed E-state index contributed by atoms with van der Waals surface area (Å²) in [6.45, 7) is 3.42. The molecular formula is C18H23N3O4. The first-order valence-electron chi connectivity index (χ1n) is 8.57. The van der Waals surface area contributed by atoms with Gasteiger partial charge in [0.25, 0.3) is 0 Å². The third kappa shape index (κ3) is 3.50. The molecule has 0 aromatic carbocycles. The minimum absolute atomic E-state index is 0.0192. The highest BCUT2D eigenvalue weighted by Gasteiger charge is 2.37. The van der Waals surface area contributed by atoms with Crippen molar-refractivity contribution < 1.29 is 19.1 Å². The second-order valence-electron chi connectivity index (χ2n) is 6.62. The van der Waals surface area contributed by atoms with E-state index in [9.17, 15) is 14.4 Å². The van der Waals surface area contributed by atoms with Crippen molar-refractivity contribution in [2.75, 3.05) is 26.7 Å². The lowest BCUT2D eigenvalue weighted by atomic mass is 9.91. The van der Waals surface area contributed by atoms with Gasteiger partial charge in [-0.3, -0.25) is 19.4 Å². The van der Waals surface area contributed by atoms with Crippen LogP contribution in [0.1, 0.15) is 36.9 Å². The second kappa shape index (κ2) is 7.21. The Morgan fingerprint density at radius 2 is 1.92 bits per heavy atom. The SMILES string of the molecule is COC(=O)C1CCN(C(=O)C2CN(C(C)=O)Cc3cccnc32)CC1. The zero-order valence-electron chi connectivity index (χ0n) is 14.6. The zero-order chi connectivity index (χ0) is 18.0. The number of carbonyl (C=O) groups is 3. The van der Waals surface area contributed by atoms with Gasteiger partial charge in [0.2, 0.25) is 11.8 Å². The molecule has 1 unspecified atom stereocenters. The van der Waals surface area contributed by atoms with E-state index < -0.39 is 5.92 Å². The van der Waals surface area contributed by atoms with Crippen LogP contribution in [0.15, 0.2) is 18.3 Å². The van der Waals surface area contributed by atoms with Gasteiger partial charge < -0.3 is 14.5 Å². The lowest BCUT2D eigenvalue weighted by molar-refractivity contribution is -0.149. The summed E-state index contributed by atoms with van der Waals surface area (Å²) in [5, 5.41) is 0. The monoisotopic (exact) mass is 345 g/mol. The number of ether oxygens (including phenoxy) is 1. The minimum Gasteiger partial charge on any atom is -0.469 e. The van der Waals surface area contributed by atoms with Crippen molar-refractivity contribution in [3.8, 4) is 0 Å². The fourth-order valence-electron chi connectivity index (χ4n) is 3.63. The van der Waals surface area contributed by atoms with Gasteiger partial charge in [-0.15, -0.1) is 0 Å². The number of hydrogen-bond donors (Lipinski definition) is 0. The van der Waals surface area contributed by atoms with E-state index in [1.807, 2.05) is 12.1 Å². The maximum absolute atomic E-state index is 13.1. The largest absolute Gasteiger partial charge is 0.469 e. The topological polar surface area (TPSA) is 79.8 Å². The highest BCUT2D eigenvalue weighted by Crippen LogP contribution is 2.30. The molecule has 1 aromatic heterocycles. The molecule has 25 heavy (non-hydrogen) atoms. The Hall–Kier alpha value is -2.44. The molecule has 1 atom stereocenters. The number of carbonyl (C=O) groups excluding carboxylic acids is 3. The summed E-state index contributed by atoms with van der Waals surface area (Å²) in [4.78, 5) is 44.4. The van der Waals surface area contributed by atoms with E-state index in [-0.39, 0.29) is 23.7 Å². The maximum Gasteiger partial charge on any atom is 0.308 e. The number of methoxy groups -OCH3 is 1. The summed E-state index contributed by atoms with van der Waals surface area (Å²) >= 11 is 0. The first-order chi connectivity index (χ1) is 12.0. The van der Waals surface area contributed by atoms with E-state index >= 15 is 0 Å². The number of aromatic nitrogens is 1. The number of fused-ring (bicyclic) bond motifs is 1. The molecule has 0 radical (unpaired) electrons. The van der Waals surface area contributed by atoms with Crippen molar-refractivity contribution in [2.45, 2.75) is 32.2 Å². The molecule has 3 rings (SSSR count). The fraction of sp³-hybridized carbons (Fsp3) is 0.556. The maximum atomic E-state index is 13.1. The normalized spacial score (nSPS) is 20.8. The van der Waals surface area contributed by atoms with Crippen LogP contribution in [0, 0.1) is 5.92 Å². The van der Waals surface area contributed by atoms with Crippen LogP contribution in [0.5, 0.6) is 0 Å². The quantitative estimate of drug-likeness (QED) is 0.745. The predicted octanol–water partition coefficient (Wildman–Crippen LogP) is 0.939. The molecule has 7 nitrogen and oxygen atoms in total. The van der Waals surface area contributed by atoms with E-state index in [4.69, 9.17) is 4.74 Å². The van der Waals surface area contributed by atoms with Crippen LogP contribution in [0.4, 0.5) is 0 Å². The summed E-state index contributed by atoms with van der Waals surface area (Å²) in [6, 6.07) is 3.74. The summed E-state index contributed by atoms with van der Waals surface area (Å²) in [5.41, 5.74) is 1.69. The van der Waals surface area contributed by atoms with Crippen LogP contribution in [0.2, 0.25) is 0 Å². The van der Waals surface area contributed by atoms with Crippen LogP contribution in [0.3, 0.4) is 0 Å². The molecule has 1 saturated heterocycles. The molecule has 7 heteroatoms. The Balaban J connectivity index is 1.75. The van der Waals surface area contributed by atoms with E-state index in [0.717, 1.165) is 11.3 Å². The van der Waals surface area contributed by atoms with Crippen molar-refractivity contribution in [3.63, 3.8) is 0 Å². The Kier molecular flexibility index (Phi) is 5.01. The molecule has 0 aliphatic carbocycles. The Labute approximate surface area is 147 Å². The smallest absolute Gasteiger partial charge is 0.308 e. The van der Waals surface area contributed by atoms with Gasteiger partial charge in [-0.2, -0.15) is 0 Å². The van der Waals surface area contributed by atoms with E-state index in [2.05, 4.69) is 4.98 Å². The van der Waals surface area contributed by atoms with E-state index in [1.165, 1.54) is 14.0 Å². The minimum atomic E-state index is -0.441. The van der Waals surface area contributed by atoms with Gasteiger partial charge in [-0.25, -0.2) is 0 Å². The van der Waals surface area contributed by atoms with Crippen molar-refractivity contribution in [1.29, 1.82) is 0 Å². The highest BCUT2D eigenvalue weighted by molar-refractivity contribution is 5.86. The zero-order valence-corrected chi connectivity index (χ0v) is 14.6. The predicted molar refractivity (Wildman–Crippen MR) is 89.4 cm³/mol. The Morgan fingerprint density at radius 1 is 1.20 bits per heavy atom. The average molecular weight is 345 g/mol. The molecule has 1 fully saturated rings. The van der Waals surface area contributed by atoms with Crippen molar-refractivity contribution in [2.24, 2.45) is 5.92 Å². The summed E-state index contributed by atoms with van der Waals surface area (Å²) in [5.74, 6) is -0.853. The number of pyridine rings is 1. The van der Waals surface area contributed by atoms with Crippen LogP contribution >= 0.6 is 0 Å². The molecular weight excluding hydrogens is 322 g/mol. The van der Waals surface area contributed by atoms with Crippen LogP contribution in [-0.2, 0) is 25.7 Å². The third-order valence-corrected chi connectivity index (χ3v) is 5.10. The number of piperidine rings is 1. The fourth-order valence-corrected chi connectivity index (χ4v) is 3.63. The van der Waals surface area contributed by atoms with Crippen molar-refractivity contribution >= 4 is 17.8 Å². The summed E-state index contributed by atoms with van der Waals surface area (Å²) < 4.78 is 4.79. The second-order valence-corrected chi connectivity index (χ2v) is 6.62. The molecule has 0 N–H and O–H groups in total. The van der Waals surface area contributed by atoms with Crippen molar-refractivity contribution in [1.82, 2.24) is 14.8 Å². The van der Waals surface area contributed by atoms with Crippen LogP contribution in [-0.4, -0.2) is 59.3 Å². The molecule has 0 bridgehead atoms. The molecule has 134 valence electrons. The van der Waals surface area contributed by atoms with Gasteiger partial charge in [0.05, 0.1) is 24.6 Å². The molecule has 0 spiro atoms. The molecule has 0 saturated carbocycles. The van der Waals surface area contributed by atoms with Gasteiger partial charge in [0, 0.05) is 39.3 Å². The lowest BCUT2D eigenvalue weighted by Crippen LogP contribution is -2.47. The number of rotatable bonds is 2. The van der Waals surface area contributed by atoms with Gasteiger partial charge in [-0.05, 0) is 24.5 Å². The molecule has 3 heterocycles. The molecule has 2 aliphatic rings. The highest BCUT2D eigenvalue weighted by atomic mass is 16.5. The summed E-state index contributed by atoms with van der Waals surface area (Å²) in [6.07, 6.45) is 2.90. The molecule has 2 aliphatic heterocycles. The number of nitrogens with zero attached hydrogens (tertiary/aromatic N) is 3. The Morgan fingerprint density at radius 3 is 2.56 bits per heavy atom. The van der Waals surface area contributed by atoms with Crippen LogP contribution in [0.25, 0.3) is 0 Å². The first-order valence-corrected chi connectivity index (χ1v) is 8.57. The van der Waals surface area contributed by atoms with Gasteiger partial charge in [0.1, 0.15) is 0 Å². The van der Waals surface area contributed by atoms with Gasteiger partial charge >= 0.3 is 5.97 Å². The molecule has 1 aromatic rings. The summed E-state index contributed by atoms with van der Waals surface area (Å²) in [7, 11) is 1.39. The average Bonchev–Trinajstić information content (AvgIpc) is 2.66. The number of amides is 2. The van der Waals surface area contributed by atoms with E-state index in [1.54, 1.807) is 16.0 Å². The van der Waals surface area contributed by atoms with Crippen molar-refractivity contribution in [3.05, 3.63) is 29.6 Å². The number of likely N-dealkylation sites (tertiary alicyclic amines) is 1. The lowest BCUT2D eigenvalue weighted by Gasteiger charge is -2.37. The standard InChI is InChI=1S/C18H23N3O4/c1-12(22)21-10-14-4-3-7-19-16(14)15(11-21)17(23)20-8-5-13(6-9-20)18(24)25-2/h3-4,7,13,15H,5-6,8-11H2,1-2H3. The molecule has 2 amide bonds. The van der Waals surface area contributed by atoms with Gasteiger partial charge in [-0.1, -0.05) is 6.07 Å². The van der Waals surface area contributed by atoms with Gasteiger partial charge in [0.15, 0.2) is 0 Å². The first kappa shape index (κ1) is 17.4. The number of esters is 1. The van der Waals surface area contributed by atoms with Crippen LogP contribution < -0.4 is 0 Å². The van der Waals surface area contributed by atoms with E-state index in [0.29, 0.717) is 39.0 Å². The number of hydrogen-bond acceptors (Lipinski definition) is 5. The third-order valence-electron chi connectivity index (χ3n) is 5.10. The Bertz CT molecular complexity index is 683.